The summed E-state index contributed by atoms with van der Waals surface area (Å²) in [6.45, 7) is 6.32. The lowest BCUT2D eigenvalue weighted by Gasteiger charge is -2.27. The van der Waals surface area contributed by atoms with E-state index in [-0.39, 0.29) is 17.4 Å². The van der Waals surface area contributed by atoms with Crippen molar-refractivity contribution in [1.82, 2.24) is 10.2 Å². The van der Waals surface area contributed by atoms with E-state index in [1.807, 2.05) is 51.1 Å². The minimum atomic E-state index is -0.836. The molecule has 0 unspecified atom stereocenters. The molecule has 1 aliphatic carbocycles. The second-order valence-electron chi connectivity index (χ2n) is 6.93. The summed E-state index contributed by atoms with van der Waals surface area (Å²) >= 11 is 0. The smallest absolute Gasteiger partial charge is 0.238 e. The van der Waals surface area contributed by atoms with Crippen molar-refractivity contribution in [2.45, 2.75) is 45.7 Å². The Labute approximate surface area is 126 Å². The summed E-state index contributed by atoms with van der Waals surface area (Å²) in [7, 11) is 1.76. The predicted octanol–water partition coefficient (Wildman–Crippen LogP) is 2.34. The first-order valence-electron chi connectivity index (χ1n) is 7.37. The number of nitrogens with one attached hydrogen (secondary N) is 1. The third kappa shape index (κ3) is 3.63. The van der Waals surface area contributed by atoms with Crippen molar-refractivity contribution in [1.29, 1.82) is 0 Å². The van der Waals surface area contributed by atoms with E-state index in [2.05, 4.69) is 5.32 Å². The Hall–Kier alpha value is -1.84. The Morgan fingerprint density at radius 3 is 2.24 bits per heavy atom. The summed E-state index contributed by atoms with van der Waals surface area (Å²) in [4.78, 5) is 26.7. The van der Waals surface area contributed by atoms with Crippen LogP contribution in [0.2, 0.25) is 0 Å². The summed E-state index contributed by atoms with van der Waals surface area (Å²) < 4.78 is 0. The van der Waals surface area contributed by atoms with Gasteiger partial charge in [-0.25, -0.2) is 0 Å². The Morgan fingerprint density at radius 2 is 1.76 bits per heavy atom. The molecule has 1 fully saturated rings. The van der Waals surface area contributed by atoms with Crippen LogP contribution in [0.1, 0.15) is 39.2 Å². The van der Waals surface area contributed by atoms with Gasteiger partial charge >= 0.3 is 0 Å². The van der Waals surface area contributed by atoms with Crippen molar-refractivity contribution in [3.63, 3.8) is 0 Å². The summed E-state index contributed by atoms with van der Waals surface area (Å²) in [5.74, 6) is -0.215. The molecule has 21 heavy (non-hydrogen) atoms. The number of hydrogen-bond donors (Lipinski definition) is 1. The van der Waals surface area contributed by atoms with E-state index in [0.717, 1.165) is 5.56 Å². The average Bonchev–Trinajstić information content (AvgIpc) is 3.18. The standard InChI is InChI=1S/C17H24N2O2/c1-16(2,3)18-14(20)17(10-11-17)15(21)19(4)12-13-8-6-5-7-9-13/h5-9H,10-12H2,1-4H3,(H,18,20). The molecular formula is C17H24N2O2. The maximum absolute atomic E-state index is 12.6. The lowest BCUT2D eigenvalue weighted by Crippen LogP contribution is -2.49. The van der Waals surface area contributed by atoms with Crippen LogP contribution in [0.3, 0.4) is 0 Å². The van der Waals surface area contributed by atoms with E-state index in [1.54, 1.807) is 11.9 Å². The Bertz CT molecular complexity index is 527. The van der Waals surface area contributed by atoms with Crippen molar-refractivity contribution in [3.8, 4) is 0 Å². The van der Waals surface area contributed by atoms with Crippen molar-refractivity contribution < 1.29 is 9.59 Å². The fourth-order valence-electron chi connectivity index (χ4n) is 2.42. The largest absolute Gasteiger partial charge is 0.351 e. The molecule has 0 heterocycles. The monoisotopic (exact) mass is 288 g/mol. The maximum atomic E-state index is 12.6. The van der Waals surface area contributed by atoms with Gasteiger partial charge in [-0.15, -0.1) is 0 Å². The number of hydrogen-bond acceptors (Lipinski definition) is 2. The fraction of sp³-hybridized carbons (Fsp3) is 0.529. The van der Waals surface area contributed by atoms with E-state index in [0.29, 0.717) is 19.4 Å². The Kier molecular flexibility index (Phi) is 4.08. The van der Waals surface area contributed by atoms with Crippen LogP contribution in [0.15, 0.2) is 30.3 Å². The van der Waals surface area contributed by atoms with E-state index in [9.17, 15) is 9.59 Å². The lowest BCUT2D eigenvalue weighted by atomic mass is 10.0. The molecule has 2 rings (SSSR count). The molecule has 1 aliphatic rings. The molecule has 1 aromatic carbocycles. The second-order valence-corrected chi connectivity index (χ2v) is 6.93. The summed E-state index contributed by atoms with van der Waals surface area (Å²) in [6, 6.07) is 9.82. The van der Waals surface area contributed by atoms with Gasteiger partial charge in [0.25, 0.3) is 0 Å². The highest BCUT2D eigenvalue weighted by molar-refractivity contribution is 6.07. The minimum absolute atomic E-state index is 0.0758. The first-order chi connectivity index (χ1) is 9.74. The molecule has 0 spiro atoms. The zero-order valence-electron chi connectivity index (χ0n) is 13.3. The van der Waals surface area contributed by atoms with Crippen LogP contribution in [-0.2, 0) is 16.1 Å². The van der Waals surface area contributed by atoms with E-state index < -0.39 is 5.41 Å². The van der Waals surface area contributed by atoms with Crippen LogP contribution in [-0.4, -0.2) is 29.3 Å². The van der Waals surface area contributed by atoms with Gasteiger partial charge in [0.15, 0.2) is 0 Å². The molecule has 1 N–H and O–H groups in total. The molecule has 0 radical (unpaired) electrons. The van der Waals surface area contributed by atoms with Crippen molar-refractivity contribution in [2.24, 2.45) is 5.41 Å². The number of carbonyl (C=O) groups excluding carboxylic acids is 2. The predicted molar refractivity (Wildman–Crippen MR) is 82.5 cm³/mol. The van der Waals surface area contributed by atoms with E-state index in [4.69, 9.17) is 0 Å². The van der Waals surface area contributed by atoms with Crippen LogP contribution in [0.4, 0.5) is 0 Å². The van der Waals surface area contributed by atoms with Crippen molar-refractivity contribution in [2.75, 3.05) is 7.05 Å². The zero-order valence-corrected chi connectivity index (χ0v) is 13.3. The lowest BCUT2D eigenvalue weighted by molar-refractivity contribution is -0.144. The average molecular weight is 288 g/mol. The topological polar surface area (TPSA) is 49.4 Å². The molecule has 0 aliphatic heterocycles. The third-order valence-corrected chi connectivity index (χ3v) is 3.69. The van der Waals surface area contributed by atoms with Gasteiger partial charge in [0.1, 0.15) is 5.41 Å². The van der Waals surface area contributed by atoms with E-state index >= 15 is 0 Å². The molecule has 2 amide bonds. The number of amides is 2. The molecule has 0 aromatic heterocycles. The summed E-state index contributed by atoms with van der Waals surface area (Å²) in [5, 5.41) is 2.94. The fourth-order valence-corrected chi connectivity index (χ4v) is 2.42. The number of rotatable bonds is 4. The summed E-state index contributed by atoms with van der Waals surface area (Å²) in [5.41, 5.74) is -0.0812. The Morgan fingerprint density at radius 1 is 1.19 bits per heavy atom. The van der Waals surface area contributed by atoms with Gasteiger partial charge in [-0.05, 0) is 39.2 Å². The van der Waals surface area contributed by atoms with Gasteiger partial charge in [0.2, 0.25) is 11.8 Å². The van der Waals surface area contributed by atoms with Crippen LogP contribution < -0.4 is 5.32 Å². The Balaban J connectivity index is 2.03. The first-order valence-corrected chi connectivity index (χ1v) is 7.37. The molecule has 1 aromatic rings. The molecule has 0 saturated heterocycles. The van der Waals surface area contributed by atoms with Gasteiger partial charge in [0.05, 0.1) is 0 Å². The molecule has 4 nitrogen and oxygen atoms in total. The SMILES string of the molecule is CN(Cc1ccccc1)C(=O)C1(C(=O)NC(C)(C)C)CC1. The quantitative estimate of drug-likeness (QED) is 0.865. The van der Waals surface area contributed by atoms with Gasteiger partial charge < -0.3 is 10.2 Å². The first kappa shape index (κ1) is 15.5. The summed E-state index contributed by atoms with van der Waals surface area (Å²) in [6.07, 6.45) is 1.29. The highest BCUT2D eigenvalue weighted by Gasteiger charge is 2.58. The highest BCUT2D eigenvalue weighted by atomic mass is 16.2. The van der Waals surface area contributed by atoms with Crippen LogP contribution in [0.25, 0.3) is 0 Å². The number of carbonyl (C=O) groups is 2. The normalized spacial score (nSPS) is 16.2. The zero-order chi connectivity index (χ0) is 15.7. The van der Waals surface area contributed by atoms with Gasteiger partial charge in [-0.2, -0.15) is 0 Å². The molecule has 4 heteroatoms. The van der Waals surface area contributed by atoms with Crippen LogP contribution in [0.5, 0.6) is 0 Å². The maximum Gasteiger partial charge on any atom is 0.238 e. The molecular weight excluding hydrogens is 264 g/mol. The highest BCUT2D eigenvalue weighted by Crippen LogP contribution is 2.47. The molecule has 0 atom stereocenters. The minimum Gasteiger partial charge on any atom is -0.351 e. The second kappa shape index (κ2) is 5.51. The van der Waals surface area contributed by atoms with Crippen molar-refractivity contribution in [3.05, 3.63) is 35.9 Å². The third-order valence-electron chi connectivity index (χ3n) is 3.69. The molecule has 114 valence electrons. The van der Waals surface area contributed by atoms with Crippen LogP contribution >= 0.6 is 0 Å². The van der Waals surface area contributed by atoms with Crippen molar-refractivity contribution >= 4 is 11.8 Å². The number of nitrogens with zero attached hydrogens (tertiary/aromatic N) is 1. The van der Waals surface area contributed by atoms with Gasteiger partial charge in [0, 0.05) is 19.1 Å². The van der Waals surface area contributed by atoms with Gasteiger partial charge in [-0.1, -0.05) is 30.3 Å². The van der Waals surface area contributed by atoms with Crippen LogP contribution in [0, 0.1) is 5.41 Å². The van der Waals surface area contributed by atoms with E-state index in [1.165, 1.54) is 0 Å². The molecule has 0 bridgehead atoms. The number of benzene rings is 1. The van der Waals surface area contributed by atoms with Gasteiger partial charge in [-0.3, -0.25) is 9.59 Å². The molecule has 1 saturated carbocycles.